The lowest BCUT2D eigenvalue weighted by Crippen LogP contribution is -2.59. The second kappa shape index (κ2) is 16.2. The monoisotopic (exact) mass is 678 g/mol. The molecule has 2 aromatic carbocycles. The lowest BCUT2D eigenvalue weighted by molar-refractivity contribution is -0.147. The van der Waals surface area contributed by atoms with Crippen LogP contribution in [0.4, 0.5) is 4.79 Å². The SMILES string of the molecule is CC(C)(C)NC(=O)[C@@H]1C[C@H](Cl)CN1C(=O)[C@@H](O)[C@H](Cc1ccccc1)NC(=O)[C@H](CCS(C)(=O)=O)NC(=O)OCc1ccccc1. The van der Waals surface area contributed by atoms with E-state index < -0.39 is 74.6 Å². The highest BCUT2D eigenvalue weighted by molar-refractivity contribution is 7.90. The number of alkyl halides is 1. The van der Waals surface area contributed by atoms with Gasteiger partial charge in [-0.15, -0.1) is 11.6 Å². The number of nitrogens with zero attached hydrogens (tertiary/aromatic N) is 1. The van der Waals surface area contributed by atoms with E-state index >= 15 is 0 Å². The van der Waals surface area contributed by atoms with Crippen LogP contribution in [0.25, 0.3) is 0 Å². The van der Waals surface area contributed by atoms with Gasteiger partial charge in [-0.05, 0) is 51.2 Å². The number of halogens is 1. The summed E-state index contributed by atoms with van der Waals surface area (Å²) in [6.45, 7) is 5.33. The van der Waals surface area contributed by atoms with Gasteiger partial charge in [-0.3, -0.25) is 14.4 Å². The first-order valence-corrected chi connectivity index (χ1v) is 17.5. The molecule has 4 N–H and O–H groups in total. The molecule has 4 amide bonds. The summed E-state index contributed by atoms with van der Waals surface area (Å²) >= 11 is 6.36. The molecule has 1 saturated heterocycles. The minimum absolute atomic E-state index is 0.00767. The molecule has 0 bridgehead atoms. The van der Waals surface area contributed by atoms with Crippen molar-refractivity contribution in [1.82, 2.24) is 20.9 Å². The molecule has 14 heteroatoms. The third kappa shape index (κ3) is 11.9. The largest absolute Gasteiger partial charge is 0.445 e. The van der Waals surface area contributed by atoms with Gasteiger partial charge in [0.05, 0.1) is 17.2 Å². The summed E-state index contributed by atoms with van der Waals surface area (Å²) in [6.07, 6.45) is -1.86. The second-order valence-corrected chi connectivity index (χ2v) is 15.4. The molecule has 0 saturated carbocycles. The van der Waals surface area contributed by atoms with Gasteiger partial charge in [0.1, 0.15) is 28.5 Å². The quantitative estimate of drug-likeness (QED) is 0.233. The third-order valence-electron chi connectivity index (χ3n) is 7.19. The molecule has 0 radical (unpaired) electrons. The van der Waals surface area contributed by atoms with E-state index in [4.69, 9.17) is 16.3 Å². The number of likely N-dealkylation sites (tertiary alicyclic amines) is 1. The highest BCUT2D eigenvalue weighted by Crippen LogP contribution is 2.25. The molecule has 12 nitrogen and oxygen atoms in total. The van der Waals surface area contributed by atoms with Crippen LogP contribution < -0.4 is 16.0 Å². The number of rotatable bonds is 13. The predicted molar refractivity (Wildman–Crippen MR) is 174 cm³/mol. The lowest BCUT2D eigenvalue weighted by Gasteiger charge is -2.32. The zero-order valence-electron chi connectivity index (χ0n) is 26.4. The Kier molecular flexibility index (Phi) is 13.0. The number of nitrogens with one attached hydrogen (secondary N) is 3. The van der Waals surface area contributed by atoms with Crippen LogP contribution >= 0.6 is 11.6 Å². The summed E-state index contributed by atoms with van der Waals surface area (Å²) in [5.74, 6) is -2.48. The van der Waals surface area contributed by atoms with Crippen molar-refractivity contribution in [3.8, 4) is 0 Å². The molecule has 0 spiro atoms. The number of carbonyl (C=O) groups excluding carboxylic acids is 4. The Bertz CT molecular complexity index is 1450. The van der Waals surface area contributed by atoms with Crippen molar-refractivity contribution in [3.05, 3.63) is 71.8 Å². The maximum Gasteiger partial charge on any atom is 0.408 e. The van der Waals surface area contributed by atoms with E-state index in [1.54, 1.807) is 81.4 Å². The van der Waals surface area contributed by atoms with Gasteiger partial charge in [-0.25, -0.2) is 13.2 Å². The van der Waals surface area contributed by atoms with Gasteiger partial charge < -0.3 is 30.7 Å². The summed E-state index contributed by atoms with van der Waals surface area (Å²) in [7, 11) is -3.53. The molecule has 1 aliphatic heterocycles. The molecule has 1 fully saturated rings. The number of aliphatic hydroxyl groups excluding tert-OH is 1. The Labute approximate surface area is 275 Å². The van der Waals surface area contributed by atoms with Gasteiger partial charge in [0.2, 0.25) is 11.8 Å². The van der Waals surface area contributed by atoms with Gasteiger partial charge in [0, 0.05) is 18.3 Å². The first-order chi connectivity index (χ1) is 21.5. The van der Waals surface area contributed by atoms with Crippen LogP contribution in [-0.2, 0) is 42.0 Å². The van der Waals surface area contributed by atoms with Crippen LogP contribution in [0.5, 0.6) is 0 Å². The first kappa shape index (κ1) is 36.8. The molecule has 5 atom stereocenters. The first-order valence-electron chi connectivity index (χ1n) is 15.0. The molecule has 1 heterocycles. The Balaban J connectivity index is 1.82. The van der Waals surface area contributed by atoms with Crippen molar-refractivity contribution >= 4 is 45.3 Å². The molecule has 1 aliphatic rings. The Morgan fingerprint density at radius 2 is 1.59 bits per heavy atom. The van der Waals surface area contributed by atoms with Crippen molar-refractivity contribution < 1.29 is 37.4 Å². The van der Waals surface area contributed by atoms with Gasteiger partial charge in [0.25, 0.3) is 5.91 Å². The molecule has 3 rings (SSSR count). The van der Waals surface area contributed by atoms with Crippen LogP contribution in [0.3, 0.4) is 0 Å². The molecule has 2 aromatic rings. The van der Waals surface area contributed by atoms with E-state index in [0.29, 0.717) is 11.1 Å². The van der Waals surface area contributed by atoms with Crippen LogP contribution in [0.2, 0.25) is 0 Å². The van der Waals surface area contributed by atoms with Crippen molar-refractivity contribution in [3.63, 3.8) is 0 Å². The molecule has 0 aliphatic carbocycles. The maximum atomic E-state index is 13.7. The van der Waals surface area contributed by atoms with Crippen molar-refractivity contribution in [2.45, 2.75) is 81.8 Å². The Hall–Kier alpha value is -3.68. The number of carbonyl (C=O) groups is 4. The fraction of sp³-hybridized carbons (Fsp3) is 0.500. The average Bonchev–Trinajstić information content (AvgIpc) is 3.38. The molecular formula is C32H43ClN4O8S. The number of benzene rings is 2. The van der Waals surface area contributed by atoms with Gasteiger partial charge >= 0.3 is 6.09 Å². The summed E-state index contributed by atoms with van der Waals surface area (Å²) in [6, 6.07) is 14.1. The summed E-state index contributed by atoms with van der Waals surface area (Å²) in [5, 5.41) is 18.8. The highest BCUT2D eigenvalue weighted by Gasteiger charge is 2.43. The van der Waals surface area contributed by atoms with Crippen LogP contribution in [-0.4, -0.2) is 95.9 Å². The van der Waals surface area contributed by atoms with E-state index in [1.165, 1.54) is 4.90 Å². The van der Waals surface area contributed by atoms with E-state index in [1.807, 2.05) is 0 Å². The number of hydrogen-bond acceptors (Lipinski definition) is 8. The molecular weight excluding hydrogens is 636 g/mol. The van der Waals surface area contributed by atoms with E-state index in [2.05, 4.69) is 16.0 Å². The fourth-order valence-corrected chi connectivity index (χ4v) is 5.95. The number of alkyl carbamates (subject to hydrolysis) is 1. The maximum absolute atomic E-state index is 13.7. The standard InChI is InChI=1S/C32H43ClN4O8S/c1-32(2,3)36-29(40)26-18-23(33)19-37(26)30(41)27(38)25(17-21-11-7-5-8-12-21)34-28(39)24(15-16-46(4,43)44)35-31(42)45-20-22-13-9-6-10-14-22/h5-14,23-27,38H,15-20H2,1-4H3,(H,34,39)(H,35,42)(H,36,40)/t23-,24-,25-,26-,27-/m0/s1. The van der Waals surface area contributed by atoms with Crippen LogP contribution in [0.1, 0.15) is 44.7 Å². The zero-order valence-corrected chi connectivity index (χ0v) is 28.0. The van der Waals surface area contributed by atoms with E-state index in [-0.39, 0.29) is 32.4 Å². The van der Waals surface area contributed by atoms with Crippen molar-refractivity contribution in [2.24, 2.45) is 0 Å². The summed E-state index contributed by atoms with van der Waals surface area (Å²) in [4.78, 5) is 54.3. The minimum Gasteiger partial charge on any atom is -0.445 e. The van der Waals surface area contributed by atoms with Gasteiger partial charge in [-0.2, -0.15) is 0 Å². The smallest absolute Gasteiger partial charge is 0.408 e. The van der Waals surface area contributed by atoms with Crippen LogP contribution in [0, 0.1) is 0 Å². The van der Waals surface area contributed by atoms with E-state index in [0.717, 1.165) is 6.26 Å². The topological polar surface area (TPSA) is 171 Å². The molecule has 46 heavy (non-hydrogen) atoms. The van der Waals surface area contributed by atoms with Gasteiger partial charge in [-0.1, -0.05) is 60.7 Å². The third-order valence-corrected chi connectivity index (χ3v) is 8.49. The molecule has 0 unspecified atom stereocenters. The summed E-state index contributed by atoms with van der Waals surface area (Å²) < 4.78 is 29.1. The lowest BCUT2D eigenvalue weighted by atomic mass is 9.99. The number of ether oxygens (including phenoxy) is 1. The number of amides is 4. The van der Waals surface area contributed by atoms with E-state index in [9.17, 15) is 32.7 Å². The minimum atomic E-state index is -3.53. The predicted octanol–water partition coefficient (Wildman–Crippen LogP) is 1.93. The van der Waals surface area contributed by atoms with Crippen LogP contribution in [0.15, 0.2) is 60.7 Å². The fourth-order valence-electron chi connectivity index (χ4n) is 4.97. The number of sulfone groups is 1. The normalized spacial score (nSPS) is 18.6. The highest BCUT2D eigenvalue weighted by atomic mass is 35.5. The Morgan fingerprint density at radius 3 is 2.15 bits per heavy atom. The molecule has 0 aromatic heterocycles. The van der Waals surface area contributed by atoms with Crippen molar-refractivity contribution in [1.29, 1.82) is 0 Å². The average molecular weight is 679 g/mol. The number of aliphatic hydroxyl groups is 1. The van der Waals surface area contributed by atoms with Crippen molar-refractivity contribution in [2.75, 3.05) is 18.6 Å². The van der Waals surface area contributed by atoms with Gasteiger partial charge in [0.15, 0.2) is 6.10 Å². The zero-order chi connectivity index (χ0) is 34.1. The Morgan fingerprint density at radius 1 is 1.00 bits per heavy atom. The number of hydrogen-bond donors (Lipinski definition) is 4. The molecule has 252 valence electrons. The second-order valence-electron chi connectivity index (χ2n) is 12.5. The summed E-state index contributed by atoms with van der Waals surface area (Å²) in [5.41, 5.74) is 0.811.